The Bertz CT molecular complexity index is 482. The standard InChI is InChI=1S/C16H21FN2O2/c1-3-8-18-9-11-19(12-10-18)16(20)13(2)21-15-6-4-14(17)5-7-15/h3-7,13H,1,8-12H2,2H3/p+1/t13-/m0/s1. The molecule has 0 spiro atoms. The van der Waals surface area contributed by atoms with Gasteiger partial charge >= 0.3 is 0 Å². The predicted octanol–water partition coefficient (Wildman–Crippen LogP) is 0.506. The lowest BCUT2D eigenvalue weighted by Gasteiger charge is -2.33. The number of rotatable bonds is 5. The van der Waals surface area contributed by atoms with Crippen molar-refractivity contribution in [2.75, 3.05) is 32.7 Å². The lowest BCUT2D eigenvalue weighted by Crippen LogP contribution is -3.14. The van der Waals surface area contributed by atoms with E-state index in [1.54, 1.807) is 6.92 Å². The van der Waals surface area contributed by atoms with Crippen molar-refractivity contribution in [2.45, 2.75) is 13.0 Å². The Labute approximate surface area is 124 Å². The highest BCUT2D eigenvalue weighted by atomic mass is 19.1. The van der Waals surface area contributed by atoms with Gasteiger partial charge in [0.05, 0.1) is 32.7 Å². The summed E-state index contributed by atoms with van der Waals surface area (Å²) in [6.45, 7) is 9.74. The Hall–Kier alpha value is -1.88. The third-order valence-corrected chi connectivity index (χ3v) is 3.69. The second kappa shape index (κ2) is 7.22. The number of piperazine rings is 1. The quantitative estimate of drug-likeness (QED) is 0.803. The minimum atomic E-state index is -0.559. The number of amides is 1. The Morgan fingerprint density at radius 3 is 2.62 bits per heavy atom. The number of hydrogen-bond donors (Lipinski definition) is 1. The first-order valence-corrected chi connectivity index (χ1v) is 7.25. The largest absolute Gasteiger partial charge is 0.481 e. The molecular formula is C16H22FN2O2+. The summed E-state index contributed by atoms with van der Waals surface area (Å²) in [5.74, 6) is 0.174. The van der Waals surface area contributed by atoms with Crippen molar-refractivity contribution in [1.82, 2.24) is 4.90 Å². The van der Waals surface area contributed by atoms with Crippen LogP contribution in [0.1, 0.15) is 6.92 Å². The molecular weight excluding hydrogens is 271 g/mol. The van der Waals surface area contributed by atoms with E-state index in [0.29, 0.717) is 5.75 Å². The van der Waals surface area contributed by atoms with Gasteiger partial charge in [-0.2, -0.15) is 0 Å². The molecule has 0 radical (unpaired) electrons. The molecule has 1 atom stereocenters. The van der Waals surface area contributed by atoms with Gasteiger partial charge in [-0.15, -0.1) is 0 Å². The summed E-state index contributed by atoms with van der Waals surface area (Å²) in [6, 6.07) is 5.71. The summed E-state index contributed by atoms with van der Waals surface area (Å²) in [4.78, 5) is 15.6. The van der Waals surface area contributed by atoms with Crippen molar-refractivity contribution in [3.8, 4) is 5.75 Å². The first-order chi connectivity index (χ1) is 10.1. The maximum Gasteiger partial charge on any atom is 0.263 e. The molecule has 1 fully saturated rings. The van der Waals surface area contributed by atoms with Gasteiger partial charge in [0.1, 0.15) is 11.6 Å². The number of carbonyl (C=O) groups excluding carboxylic acids is 1. The number of quaternary nitrogens is 1. The van der Waals surface area contributed by atoms with Crippen molar-refractivity contribution in [2.24, 2.45) is 0 Å². The van der Waals surface area contributed by atoms with Crippen LogP contribution in [0.15, 0.2) is 36.9 Å². The minimum absolute atomic E-state index is 0.0167. The molecule has 0 saturated carbocycles. The van der Waals surface area contributed by atoms with Gasteiger partial charge in [-0.1, -0.05) is 6.58 Å². The van der Waals surface area contributed by atoms with Gasteiger partial charge in [0.15, 0.2) is 6.10 Å². The van der Waals surface area contributed by atoms with E-state index >= 15 is 0 Å². The fourth-order valence-corrected chi connectivity index (χ4v) is 2.48. The molecule has 1 aromatic carbocycles. The van der Waals surface area contributed by atoms with Crippen LogP contribution in [-0.2, 0) is 4.79 Å². The molecule has 1 amide bonds. The molecule has 0 bridgehead atoms. The minimum Gasteiger partial charge on any atom is -0.481 e. The highest BCUT2D eigenvalue weighted by molar-refractivity contribution is 5.81. The van der Waals surface area contributed by atoms with Crippen molar-refractivity contribution in [3.63, 3.8) is 0 Å². The number of nitrogens with zero attached hydrogens (tertiary/aromatic N) is 1. The summed E-state index contributed by atoms with van der Waals surface area (Å²) in [5, 5.41) is 0. The van der Waals surface area contributed by atoms with E-state index in [-0.39, 0.29) is 11.7 Å². The third-order valence-electron chi connectivity index (χ3n) is 3.69. The van der Waals surface area contributed by atoms with E-state index < -0.39 is 6.10 Å². The molecule has 1 aliphatic heterocycles. The number of benzene rings is 1. The van der Waals surface area contributed by atoms with Crippen molar-refractivity contribution < 1.29 is 18.8 Å². The Morgan fingerprint density at radius 1 is 1.43 bits per heavy atom. The average Bonchev–Trinajstić information content (AvgIpc) is 2.50. The molecule has 0 unspecified atom stereocenters. The molecule has 0 aliphatic carbocycles. The fourth-order valence-electron chi connectivity index (χ4n) is 2.48. The van der Waals surface area contributed by atoms with Gasteiger partial charge in [-0.05, 0) is 37.3 Å². The van der Waals surface area contributed by atoms with Gasteiger partial charge < -0.3 is 14.5 Å². The van der Waals surface area contributed by atoms with Crippen molar-refractivity contribution in [3.05, 3.63) is 42.7 Å². The lowest BCUT2D eigenvalue weighted by molar-refractivity contribution is -0.898. The maximum atomic E-state index is 12.8. The molecule has 1 aliphatic rings. The van der Waals surface area contributed by atoms with E-state index in [4.69, 9.17) is 4.74 Å². The zero-order valence-corrected chi connectivity index (χ0v) is 12.3. The van der Waals surface area contributed by atoms with Gasteiger partial charge in [-0.3, -0.25) is 4.79 Å². The summed E-state index contributed by atoms with van der Waals surface area (Å²) >= 11 is 0. The second-order valence-electron chi connectivity index (χ2n) is 5.28. The summed E-state index contributed by atoms with van der Waals surface area (Å²) in [5.41, 5.74) is 0. The number of halogens is 1. The molecule has 1 N–H and O–H groups in total. The van der Waals surface area contributed by atoms with Crippen LogP contribution in [-0.4, -0.2) is 49.6 Å². The van der Waals surface area contributed by atoms with E-state index in [1.807, 2.05) is 11.0 Å². The summed E-state index contributed by atoms with van der Waals surface area (Å²) in [6.07, 6.45) is 1.35. The van der Waals surface area contributed by atoms with Crippen LogP contribution >= 0.6 is 0 Å². The van der Waals surface area contributed by atoms with Crippen LogP contribution in [0.3, 0.4) is 0 Å². The Morgan fingerprint density at radius 2 is 2.05 bits per heavy atom. The molecule has 114 valence electrons. The maximum absolute atomic E-state index is 12.8. The van der Waals surface area contributed by atoms with E-state index in [2.05, 4.69) is 6.58 Å². The van der Waals surface area contributed by atoms with Gasteiger partial charge in [0, 0.05) is 0 Å². The van der Waals surface area contributed by atoms with Crippen molar-refractivity contribution >= 4 is 5.91 Å². The highest BCUT2D eigenvalue weighted by Gasteiger charge is 2.27. The Balaban J connectivity index is 1.85. The molecule has 4 nitrogen and oxygen atoms in total. The molecule has 0 aromatic heterocycles. The SMILES string of the molecule is C=CC[NH+]1CCN(C(=O)[C@H](C)Oc2ccc(F)cc2)CC1. The lowest BCUT2D eigenvalue weighted by atomic mass is 10.2. The van der Waals surface area contributed by atoms with Crippen LogP contribution in [0, 0.1) is 5.82 Å². The second-order valence-corrected chi connectivity index (χ2v) is 5.28. The van der Waals surface area contributed by atoms with Gasteiger partial charge in [-0.25, -0.2) is 4.39 Å². The summed E-state index contributed by atoms with van der Waals surface area (Å²) < 4.78 is 18.4. The van der Waals surface area contributed by atoms with E-state index in [9.17, 15) is 9.18 Å². The molecule has 2 rings (SSSR count). The topological polar surface area (TPSA) is 34.0 Å². The summed E-state index contributed by atoms with van der Waals surface area (Å²) in [7, 11) is 0. The molecule has 21 heavy (non-hydrogen) atoms. The first-order valence-electron chi connectivity index (χ1n) is 7.25. The normalized spacial score (nSPS) is 17.3. The Kier molecular flexibility index (Phi) is 5.33. The predicted molar refractivity (Wildman–Crippen MR) is 78.8 cm³/mol. The first kappa shape index (κ1) is 15.5. The molecule has 1 aromatic rings. The number of ether oxygens (including phenoxy) is 1. The number of hydrogen-bond acceptors (Lipinski definition) is 2. The van der Waals surface area contributed by atoms with Crippen LogP contribution < -0.4 is 9.64 Å². The van der Waals surface area contributed by atoms with Crippen molar-refractivity contribution in [1.29, 1.82) is 0 Å². The smallest absolute Gasteiger partial charge is 0.263 e. The van der Waals surface area contributed by atoms with Crippen LogP contribution in [0.5, 0.6) is 5.75 Å². The fraction of sp³-hybridized carbons (Fsp3) is 0.438. The van der Waals surface area contributed by atoms with E-state index in [1.165, 1.54) is 29.2 Å². The van der Waals surface area contributed by atoms with Crippen LogP contribution in [0.2, 0.25) is 0 Å². The molecule has 5 heteroatoms. The van der Waals surface area contributed by atoms with Gasteiger partial charge in [0.25, 0.3) is 5.91 Å². The molecule has 1 saturated heterocycles. The number of carbonyl (C=O) groups is 1. The van der Waals surface area contributed by atoms with Crippen LogP contribution in [0.4, 0.5) is 4.39 Å². The number of nitrogens with one attached hydrogen (secondary N) is 1. The zero-order valence-electron chi connectivity index (χ0n) is 12.3. The molecule has 1 heterocycles. The van der Waals surface area contributed by atoms with Gasteiger partial charge in [0.2, 0.25) is 0 Å². The third kappa shape index (κ3) is 4.29. The van der Waals surface area contributed by atoms with E-state index in [0.717, 1.165) is 32.7 Å². The average molecular weight is 293 g/mol. The van der Waals surface area contributed by atoms with Crippen LogP contribution in [0.25, 0.3) is 0 Å². The monoisotopic (exact) mass is 293 g/mol. The zero-order chi connectivity index (χ0) is 15.2. The highest BCUT2D eigenvalue weighted by Crippen LogP contribution is 2.14.